The van der Waals surface area contributed by atoms with Crippen molar-refractivity contribution in [3.63, 3.8) is 0 Å². The highest BCUT2D eigenvalue weighted by Gasteiger charge is 2.48. The van der Waals surface area contributed by atoms with E-state index >= 15 is 0 Å². The summed E-state index contributed by atoms with van der Waals surface area (Å²) in [4.78, 5) is 13.3. The van der Waals surface area contributed by atoms with E-state index in [0.29, 0.717) is 32.0 Å². The highest BCUT2D eigenvalue weighted by molar-refractivity contribution is 7.67. The van der Waals surface area contributed by atoms with Gasteiger partial charge in [-0.05, 0) is 17.7 Å². The van der Waals surface area contributed by atoms with Crippen molar-refractivity contribution >= 4 is 30.6 Å². The first-order valence-corrected chi connectivity index (χ1v) is 13.0. The van der Waals surface area contributed by atoms with Crippen LogP contribution in [0.2, 0.25) is 0 Å². The SMILES string of the molecule is CN1/C(=C2/C=NN(C)[P@@]2(=Nc2cccc([N+](=O)[O-])c2)N2CCOCC2)C(C)(C)c2ccccc21. The minimum atomic E-state index is -2.59. The maximum Gasteiger partial charge on any atom is 0.271 e. The Morgan fingerprint density at radius 2 is 1.85 bits per heavy atom. The first-order valence-electron chi connectivity index (χ1n) is 11.3. The zero-order valence-corrected chi connectivity index (χ0v) is 20.8. The van der Waals surface area contributed by atoms with Gasteiger partial charge in [0, 0.05) is 56.1 Å². The zero-order valence-electron chi connectivity index (χ0n) is 19.9. The van der Waals surface area contributed by atoms with Crippen molar-refractivity contribution in [1.29, 1.82) is 0 Å². The number of benzene rings is 2. The summed E-state index contributed by atoms with van der Waals surface area (Å²) in [6.45, 7) is 7.14. The lowest BCUT2D eigenvalue weighted by molar-refractivity contribution is -0.384. The lowest BCUT2D eigenvalue weighted by atomic mass is 9.84. The maximum atomic E-state index is 11.5. The second-order valence-corrected chi connectivity index (χ2v) is 12.1. The number of hydrogen-bond donors (Lipinski definition) is 0. The van der Waals surface area contributed by atoms with Crippen LogP contribution in [0.25, 0.3) is 0 Å². The predicted octanol–water partition coefficient (Wildman–Crippen LogP) is 5.16. The number of fused-ring (bicyclic) bond motifs is 1. The molecule has 9 nitrogen and oxygen atoms in total. The number of likely N-dealkylation sites (N-methyl/N-ethyl adjacent to an activating group) is 1. The highest BCUT2D eigenvalue weighted by Crippen LogP contribution is 2.69. The molecule has 0 unspecified atom stereocenters. The monoisotopic (exact) mass is 480 g/mol. The quantitative estimate of drug-likeness (QED) is 0.343. The third kappa shape index (κ3) is 3.38. The van der Waals surface area contributed by atoms with Gasteiger partial charge in [0.15, 0.2) is 7.36 Å². The summed E-state index contributed by atoms with van der Waals surface area (Å²) in [7, 11) is 1.48. The van der Waals surface area contributed by atoms with Crippen LogP contribution in [-0.4, -0.2) is 61.0 Å². The van der Waals surface area contributed by atoms with E-state index in [-0.39, 0.29) is 16.0 Å². The Hall–Kier alpha value is -3.00. The molecule has 178 valence electrons. The Morgan fingerprint density at radius 1 is 1.12 bits per heavy atom. The van der Waals surface area contributed by atoms with E-state index in [4.69, 9.17) is 14.6 Å². The van der Waals surface area contributed by atoms with Gasteiger partial charge in [-0.2, -0.15) is 5.10 Å². The Labute approximate surface area is 199 Å². The molecule has 2 aromatic carbocycles. The van der Waals surface area contributed by atoms with E-state index in [0.717, 1.165) is 11.0 Å². The molecule has 10 heteroatoms. The van der Waals surface area contributed by atoms with Gasteiger partial charge in [0.25, 0.3) is 5.69 Å². The first kappa shape index (κ1) is 22.8. The van der Waals surface area contributed by atoms with Crippen molar-refractivity contribution < 1.29 is 9.66 Å². The van der Waals surface area contributed by atoms with Gasteiger partial charge in [-0.15, -0.1) is 0 Å². The van der Waals surface area contributed by atoms with Gasteiger partial charge in [-0.1, -0.05) is 38.1 Å². The number of allylic oxidation sites excluding steroid dienone is 2. The molecule has 0 bridgehead atoms. The smallest absolute Gasteiger partial charge is 0.271 e. The number of nitro groups is 1. The molecule has 1 atom stereocenters. The second-order valence-electron chi connectivity index (χ2n) is 9.18. The maximum absolute atomic E-state index is 11.5. The fourth-order valence-corrected chi connectivity index (χ4v) is 8.91. The van der Waals surface area contributed by atoms with Crippen molar-refractivity contribution in [2.75, 3.05) is 45.3 Å². The molecule has 1 saturated heterocycles. The van der Waals surface area contributed by atoms with E-state index in [9.17, 15) is 10.1 Å². The van der Waals surface area contributed by atoms with Crippen molar-refractivity contribution in [2.45, 2.75) is 19.3 Å². The second kappa shape index (κ2) is 8.34. The minimum Gasteiger partial charge on any atom is -0.379 e. The summed E-state index contributed by atoms with van der Waals surface area (Å²) >= 11 is 0. The summed E-state index contributed by atoms with van der Waals surface area (Å²) in [5.74, 6) is 0. The Morgan fingerprint density at radius 3 is 2.56 bits per heavy atom. The van der Waals surface area contributed by atoms with Crippen molar-refractivity contribution in [1.82, 2.24) is 9.45 Å². The molecular formula is C24H29N6O3P. The molecule has 0 saturated carbocycles. The Bertz CT molecular complexity index is 1260. The fourth-order valence-electron chi connectivity index (χ4n) is 5.28. The lowest BCUT2D eigenvalue weighted by Crippen LogP contribution is -2.37. The van der Waals surface area contributed by atoms with E-state index in [1.807, 2.05) is 24.1 Å². The van der Waals surface area contributed by atoms with E-state index in [1.54, 1.807) is 12.1 Å². The number of nitrogens with zero attached hydrogens (tertiary/aromatic N) is 6. The molecule has 0 N–H and O–H groups in total. The van der Waals surface area contributed by atoms with Crippen LogP contribution >= 0.6 is 7.36 Å². The van der Waals surface area contributed by atoms with Crippen molar-refractivity contribution in [3.05, 3.63) is 75.2 Å². The molecular weight excluding hydrogens is 451 g/mol. The molecule has 3 heterocycles. The van der Waals surface area contributed by atoms with Gasteiger partial charge >= 0.3 is 0 Å². The van der Waals surface area contributed by atoms with Crippen LogP contribution in [-0.2, 0) is 10.2 Å². The van der Waals surface area contributed by atoms with Crippen LogP contribution in [0, 0.1) is 10.1 Å². The number of morpholine rings is 1. The molecule has 34 heavy (non-hydrogen) atoms. The number of hydrogen-bond acceptors (Lipinski definition) is 6. The van der Waals surface area contributed by atoms with Gasteiger partial charge in [0.1, 0.15) is 0 Å². The number of para-hydroxylation sites is 1. The first-order chi connectivity index (χ1) is 16.3. The molecule has 0 aliphatic carbocycles. The van der Waals surface area contributed by atoms with Crippen LogP contribution in [0.15, 0.2) is 69.4 Å². The number of nitro benzene ring substituents is 1. The summed E-state index contributed by atoms with van der Waals surface area (Å²) in [6, 6.07) is 15.0. The van der Waals surface area contributed by atoms with Gasteiger partial charge < -0.3 is 9.64 Å². The third-order valence-electron chi connectivity index (χ3n) is 6.86. The summed E-state index contributed by atoms with van der Waals surface area (Å²) < 4.78 is 15.3. The van der Waals surface area contributed by atoms with Crippen molar-refractivity contribution in [2.24, 2.45) is 9.85 Å². The van der Waals surface area contributed by atoms with E-state index < -0.39 is 7.36 Å². The van der Waals surface area contributed by atoms with Gasteiger partial charge in [0.2, 0.25) is 0 Å². The highest BCUT2D eigenvalue weighted by atomic mass is 31.2. The van der Waals surface area contributed by atoms with Crippen LogP contribution in [0.3, 0.4) is 0 Å². The predicted molar refractivity (Wildman–Crippen MR) is 136 cm³/mol. The van der Waals surface area contributed by atoms with Gasteiger partial charge in [-0.25, -0.2) is 14.2 Å². The minimum absolute atomic E-state index is 0.0315. The lowest BCUT2D eigenvalue weighted by Gasteiger charge is -2.41. The van der Waals surface area contributed by atoms with Crippen LogP contribution in [0.5, 0.6) is 0 Å². The molecule has 3 aliphatic heterocycles. The third-order valence-corrected chi connectivity index (χ3v) is 10.4. The Balaban J connectivity index is 1.80. The molecule has 0 aromatic heterocycles. The number of hydrazone groups is 1. The number of non-ortho nitro benzene ring substituents is 1. The number of ether oxygens (including phenoxy) is 1. The molecule has 0 amide bonds. The zero-order chi connectivity index (χ0) is 24.1. The molecule has 2 aromatic rings. The standard InChI is InChI=1S/C24H29N6O3P/c1-24(2)20-10-5-6-11-21(20)27(3)23(24)22-17-25-28(4)34(22,29-12-14-33-15-13-29)26-18-8-7-9-19(16-18)30(31)32/h5-11,16-17H,12-15H2,1-4H3/b23-22-/t34-/m1/s1. The molecule has 0 spiro atoms. The van der Waals surface area contributed by atoms with Gasteiger partial charge in [-0.3, -0.25) is 10.1 Å². The molecule has 3 aliphatic rings. The summed E-state index contributed by atoms with van der Waals surface area (Å²) in [6.07, 6.45) is 1.95. The Kier molecular flexibility index (Phi) is 5.59. The largest absolute Gasteiger partial charge is 0.379 e. The average molecular weight is 481 g/mol. The summed E-state index contributed by atoms with van der Waals surface area (Å²) in [5.41, 5.74) is 3.96. The average Bonchev–Trinajstić information content (AvgIpc) is 3.25. The van der Waals surface area contributed by atoms with Crippen LogP contribution in [0.4, 0.5) is 17.1 Å². The fraction of sp³-hybridized carbons (Fsp3) is 0.375. The number of anilines is 1. The molecule has 5 rings (SSSR count). The van der Waals surface area contributed by atoms with Crippen LogP contribution < -0.4 is 4.90 Å². The van der Waals surface area contributed by atoms with Gasteiger partial charge in [0.05, 0.1) is 35.4 Å². The number of rotatable bonds is 3. The van der Waals surface area contributed by atoms with Crippen LogP contribution in [0.1, 0.15) is 19.4 Å². The van der Waals surface area contributed by atoms with E-state index in [1.165, 1.54) is 17.3 Å². The topological polar surface area (TPSA) is 86.8 Å². The molecule has 1 fully saturated rings. The van der Waals surface area contributed by atoms with E-state index in [2.05, 4.69) is 54.7 Å². The summed E-state index contributed by atoms with van der Waals surface area (Å²) in [5, 5.41) is 17.3. The normalized spacial score (nSPS) is 26.1. The molecule has 0 radical (unpaired) electrons. The van der Waals surface area contributed by atoms with Crippen molar-refractivity contribution in [3.8, 4) is 0 Å².